The first kappa shape index (κ1) is 72.3. The van der Waals surface area contributed by atoms with Crippen molar-refractivity contribution in [1.29, 1.82) is 0 Å². The molecule has 1 unspecified atom stereocenters. The zero-order valence-corrected chi connectivity index (χ0v) is 49.7. The summed E-state index contributed by atoms with van der Waals surface area (Å²) in [4.78, 5) is 38.2. The van der Waals surface area contributed by atoms with Crippen LogP contribution in [0.25, 0.3) is 0 Å². The maximum Gasteiger partial charge on any atom is 0.306 e. The van der Waals surface area contributed by atoms with Crippen LogP contribution < -0.4 is 0 Å². The van der Waals surface area contributed by atoms with Gasteiger partial charge >= 0.3 is 17.9 Å². The van der Waals surface area contributed by atoms with Crippen LogP contribution in [0, 0.1) is 0 Å². The molecule has 0 aromatic heterocycles. The average molecular weight is 1060 g/mol. The average Bonchev–Trinajstić information content (AvgIpc) is 3.43. The van der Waals surface area contributed by atoms with E-state index in [9.17, 15) is 14.4 Å². The van der Waals surface area contributed by atoms with Crippen molar-refractivity contribution in [3.05, 3.63) is 146 Å². The molecule has 0 aromatic rings. The van der Waals surface area contributed by atoms with E-state index in [0.717, 1.165) is 180 Å². The van der Waals surface area contributed by atoms with Crippen LogP contribution in [0.1, 0.15) is 265 Å². The smallest absolute Gasteiger partial charge is 0.306 e. The molecule has 0 bridgehead atoms. The van der Waals surface area contributed by atoms with E-state index >= 15 is 0 Å². The highest BCUT2D eigenvalue weighted by atomic mass is 16.6. The van der Waals surface area contributed by atoms with Gasteiger partial charge in [0.1, 0.15) is 13.2 Å². The minimum absolute atomic E-state index is 0.0983. The summed E-state index contributed by atoms with van der Waals surface area (Å²) in [6.07, 6.45) is 91.4. The van der Waals surface area contributed by atoms with Crippen molar-refractivity contribution < 1.29 is 28.6 Å². The minimum Gasteiger partial charge on any atom is -0.462 e. The van der Waals surface area contributed by atoms with Gasteiger partial charge in [0.25, 0.3) is 0 Å². The van der Waals surface area contributed by atoms with Gasteiger partial charge in [-0.15, -0.1) is 0 Å². The maximum absolute atomic E-state index is 12.8. The van der Waals surface area contributed by atoms with Gasteiger partial charge in [-0.2, -0.15) is 0 Å². The number of hydrogen-bond acceptors (Lipinski definition) is 6. The van der Waals surface area contributed by atoms with Crippen LogP contribution in [0.3, 0.4) is 0 Å². The summed E-state index contributed by atoms with van der Waals surface area (Å²) in [7, 11) is 0. The molecule has 0 amide bonds. The molecule has 0 aliphatic rings. The highest BCUT2D eigenvalue weighted by molar-refractivity contribution is 5.71. The lowest BCUT2D eigenvalue weighted by Crippen LogP contribution is -2.30. The Kier molecular flexibility index (Phi) is 59.9. The molecule has 0 aliphatic heterocycles. The molecule has 0 fully saturated rings. The molecule has 0 N–H and O–H groups in total. The van der Waals surface area contributed by atoms with Crippen molar-refractivity contribution in [3.63, 3.8) is 0 Å². The van der Waals surface area contributed by atoms with Crippen molar-refractivity contribution in [2.45, 2.75) is 271 Å². The number of ether oxygens (including phenoxy) is 3. The summed E-state index contributed by atoms with van der Waals surface area (Å²) in [6.45, 7) is 6.40. The summed E-state index contributed by atoms with van der Waals surface area (Å²) in [6, 6.07) is 0. The molecule has 0 rings (SSSR count). The number of rotatable bonds is 55. The maximum atomic E-state index is 12.8. The molecule has 0 aliphatic carbocycles. The summed E-state index contributed by atoms with van der Waals surface area (Å²) < 4.78 is 16.8. The molecule has 0 radical (unpaired) electrons. The molecule has 6 nitrogen and oxygen atoms in total. The van der Waals surface area contributed by atoms with E-state index in [2.05, 4.69) is 167 Å². The van der Waals surface area contributed by atoms with Gasteiger partial charge in [-0.3, -0.25) is 14.4 Å². The van der Waals surface area contributed by atoms with Crippen LogP contribution in [-0.4, -0.2) is 37.2 Å². The normalized spacial score (nSPS) is 13.1. The molecule has 0 aromatic carbocycles. The second-order valence-electron chi connectivity index (χ2n) is 20.2. The predicted molar refractivity (Wildman–Crippen MR) is 334 cm³/mol. The van der Waals surface area contributed by atoms with Crippen molar-refractivity contribution in [2.75, 3.05) is 13.2 Å². The third kappa shape index (κ3) is 62.0. The van der Waals surface area contributed by atoms with Crippen LogP contribution >= 0.6 is 0 Å². The number of hydrogen-bond donors (Lipinski definition) is 0. The molecular formula is C71H114O6. The Morgan fingerprint density at radius 3 is 0.857 bits per heavy atom. The van der Waals surface area contributed by atoms with E-state index in [1.165, 1.54) is 44.9 Å². The Morgan fingerprint density at radius 1 is 0.273 bits per heavy atom. The van der Waals surface area contributed by atoms with Crippen LogP contribution in [0.4, 0.5) is 0 Å². The van der Waals surface area contributed by atoms with Crippen LogP contribution in [0.15, 0.2) is 146 Å². The van der Waals surface area contributed by atoms with E-state index in [1.807, 2.05) is 0 Å². The quantitative estimate of drug-likeness (QED) is 0.0261. The molecule has 0 saturated heterocycles. The Balaban J connectivity index is 4.31. The van der Waals surface area contributed by atoms with E-state index in [1.54, 1.807) is 0 Å². The Bertz CT molecular complexity index is 1700. The lowest BCUT2D eigenvalue weighted by atomic mass is 10.1. The number of carbonyl (C=O) groups is 3. The van der Waals surface area contributed by atoms with Gasteiger partial charge < -0.3 is 14.2 Å². The van der Waals surface area contributed by atoms with Crippen molar-refractivity contribution in [3.8, 4) is 0 Å². The first-order valence-electron chi connectivity index (χ1n) is 31.3. The van der Waals surface area contributed by atoms with Crippen LogP contribution in [0.5, 0.6) is 0 Å². The van der Waals surface area contributed by atoms with E-state index in [0.29, 0.717) is 19.3 Å². The zero-order valence-electron chi connectivity index (χ0n) is 49.7. The Morgan fingerprint density at radius 2 is 0.532 bits per heavy atom. The van der Waals surface area contributed by atoms with Gasteiger partial charge in [0.2, 0.25) is 0 Å². The highest BCUT2D eigenvalue weighted by Crippen LogP contribution is 2.14. The second-order valence-corrected chi connectivity index (χ2v) is 20.2. The molecule has 0 saturated carbocycles. The fraction of sp³-hybridized carbons (Fsp3) is 0.620. The minimum atomic E-state index is -0.802. The number of allylic oxidation sites excluding steroid dienone is 24. The molecule has 0 heterocycles. The fourth-order valence-electron chi connectivity index (χ4n) is 8.11. The first-order valence-corrected chi connectivity index (χ1v) is 31.3. The van der Waals surface area contributed by atoms with Gasteiger partial charge in [0, 0.05) is 19.3 Å². The largest absolute Gasteiger partial charge is 0.462 e. The summed E-state index contributed by atoms with van der Waals surface area (Å²) in [5.74, 6) is -0.944. The molecule has 1 atom stereocenters. The van der Waals surface area contributed by atoms with Gasteiger partial charge in [-0.25, -0.2) is 0 Å². The zero-order chi connectivity index (χ0) is 55.7. The van der Waals surface area contributed by atoms with E-state index in [4.69, 9.17) is 14.2 Å². The molecule has 6 heteroatoms. The summed E-state index contributed by atoms with van der Waals surface area (Å²) >= 11 is 0. The first-order chi connectivity index (χ1) is 38.0. The number of carbonyl (C=O) groups excluding carboxylic acids is 3. The lowest BCUT2D eigenvalue weighted by molar-refractivity contribution is -0.167. The molecule has 434 valence electrons. The van der Waals surface area contributed by atoms with Gasteiger partial charge in [-0.05, 0) is 141 Å². The summed E-state index contributed by atoms with van der Waals surface area (Å²) in [5.41, 5.74) is 0. The third-order valence-corrected chi connectivity index (χ3v) is 12.8. The monoisotopic (exact) mass is 1060 g/mol. The van der Waals surface area contributed by atoms with Gasteiger partial charge in [-0.1, -0.05) is 250 Å². The van der Waals surface area contributed by atoms with Gasteiger partial charge in [0.15, 0.2) is 6.10 Å². The fourth-order valence-corrected chi connectivity index (χ4v) is 8.11. The molecule has 77 heavy (non-hydrogen) atoms. The van der Waals surface area contributed by atoms with E-state index in [-0.39, 0.29) is 31.1 Å². The van der Waals surface area contributed by atoms with Crippen molar-refractivity contribution in [2.24, 2.45) is 0 Å². The highest BCUT2D eigenvalue weighted by Gasteiger charge is 2.19. The van der Waals surface area contributed by atoms with Crippen molar-refractivity contribution in [1.82, 2.24) is 0 Å². The van der Waals surface area contributed by atoms with E-state index < -0.39 is 6.10 Å². The number of esters is 3. The number of unbranched alkanes of at least 4 members (excludes halogenated alkanes) is 20. The van der Waals surface area contributed by atoms with Crippen LogP contribution in [-0.2, 0) is 28.6 Å². The molecule has 0 spiro atoms. The standard InChI is InChI=1S/C71H114O6/c1-4-7-10-13-16-19-22-25-26-27-28-29-30-31-32-33-34-35-36-37-38-39-40-41-42-43-44-47-49-52-55-58-61-64-70(73)76-67-68(77-71(74)65-62-59-56-53-50-46-24-21-18-15-12-9-6-3)66-75-69(72)63-60-57-54-51-48-45-23-20-17-14-11-8-5-2/h7,10,12,15-16,19-21,23-26,28-29,31-32,34-35,37-38,40-41,43-44,68H,4-6,8-9,11,13-14,17-18,22,27,30,33,36,39,42,45-67H2,1-3H3/b10-7-,15-12-,19-16-,23-20-,24-21-,26-25-,29-28-,32-31-,35-34-,38-37-,41-40-,44-43-. The van der Waals surface area contributed by atoms with Crippen molar-refractivity contribution >= 4 is 17.9 Å². The van der Waals surface area contributed by atoms with Crippen LogP contribution in [0.2, 0.25) is 0 Å². The summed E-state index contributed by atoms with van der Waals surface area (Å²) in [5, 5.41) is 0. The van der Waals surface area contributed by atoms with Gasteiger partial charge in [0.05, 0.1) is 0 Å². The molecular weight excluding hydrogens is 949 g/mol. The second kappa shape index (κ2) is 63.8. The topological polar surface area (TPSA) is 78.9 Å². The lowest BCUT2D eigenvalue weighted by Gasteiger charge is -2.18. The predicted octanol–water partition coefficient (Wildman–Crippen LogP) is 21.5. The SMILES string of the molecule is CC/C=C\C/C=C\C/C=C\C/C=C\C/C=C\C/C=C\C/C=C\C/C=C\C/C=C\CCCCCCCC(=O)OCC(COC(=O)CCCCCCC/C=C\CCCCCC)OC(=O)CCCCCCC/C=C\C/C=C\CCC. The third-order valence-electron chi connectivity index (χ3n) is 12.8. The Hall–Kier alpha value is -4.71. The Labute approximate surface area is 474 Å².